The lowest BCUT2D eigenvalue weighted by Gasteiger charge is -2.33. The molecule has 114 valence electrons. The van der Waals surface area contributed by atoms with Gasteiger partial charge in [0.15, 0.2) is 0 Å². The molecule has 1 aliphatic heterocycles. The van der Waals surface area contributed by atoms with Gasteiger partial charge in [-0.3, -0.25) is 4.79 Å². The number of para-hydroxylation sites is 1. The zero-order chi connectivity index (χ0) is 15.5. The Balaban J connectivity index is 1.80. The van der Waals surface area contributed by atoms with Crippen LogP contribution in [0, 0.1) is 0 Å². The first-order valence-corrected chi connectivity index (χ1v) is 7.48. The molecule has 0 bridgehead atoms. The largest absolute Gasteiger partial charge is 0.507 e. The van der Waals surface area contributed by atoms with Gasteiger partial charge in [0.25, 0.3) is 5.91 Å². The first-order chi connectivity index (χ1) is 10.7. The molecule has 4 nitrogen and oxygen atoms in total. The SMILES string of the molecule is O=C(c1ccccc1O)N1CCO[C@H](c2ccccc2Cl)C1. The molecule has 0 aliphatic carbocycles. The van der Waals surface area contributed by atoms with Gasteiger partial charge in [0, 0.05) is 17.1 Å². The molecular weight excluding hydrogens is 302 g/mol. The highest BCUT2D eigenvalue weighted by atomic mass is 35.5. The van der Waals surface area contributed by atoms with E-state index in [0.29, 0.717) is 30.3 Å². The highest BCUT2D eigenvalue weighted by Crippen LogP contribution is 2.29. The minimum Gasteiger partial charge on any atom is -0.507 e. The van der Waals surface area contributed by atoms with Crippen LogP contribution < -0.4 is 0 Å². The molecule has 1 aliphatic rings. The lowest BCUT2D eigenvalue weighted by Crippen LogP contribution is -2.42. The Morgan fingerprint density at radius 2 is 1.91 bits per heavy atom. The molecule has 2 aromatic rings. The molecule has 5 heteroatoms. The van der Waals surface area contributed by atoms with Crippen LogP contribution in [0.3, 0.4) is 0 Å². The Labute approximate surface area is 133 Å². The Hall–Kier alpha value is -2.04. The van der Waals surface area contributed by atoms with Crippen molar-refractivity contribution in [2.45, 2.75) is 6.10 Å². The molecule has 1 amide bonds. The summed E-state index contributed by atoms with van der Waals surface area (Å²) in [6.45, 7) is 1.35. The van der Waals surface area contributed by atoms with E-state index in [9.17, 15) is 9.90 Å². The molecular formula is C17H16ClNO3. The van der Waals surface area contributed by atoms with Crippen LogP contribution in [0.25, 0.3) is 0 Å². The van der Waals surface area contributed by atoms with Crippen LogP contribution in [0.15, 0.2) is 48.5 Å². The van der Waals surface area contributed by atoms with Crippen molar-refractivity contribution >= 4 is 17.5 Å². The minimum absolute atomic E-state index is 0.00622. The van der Waals surface area contributed by atoms with Crippen LogP contribution >= 0.6 is 11.6 Å². The Bertz CT molecular complexity index is 689. The van der Waals surface area contributed by atoms with E-state index in [4.69, 9.17) is 16.3 Å². The summed E-state index contributed by atoms with van der Waals surface area (Å²) in [4.78, 5) is 14.2. The van der Waals surface area contributed by atoms with E-state index < -0.39 is 0 Å². The average molecular weight is 318 g/mol. The van der Waals surface area contributed by atoms with Crippen molar-refractivity contribution in [3.05, 3.63) is 64.7 Å². The van der Waals surface area contributed by atoms with Gasteiger partial charge >= 0.3 is 0 Å². The van der Waals surface area contributed by atoms with Crippen LogP contribution in [0.1, 0.15) is 22.0 Å². The summed E-state index contributed by atoms with van der Waals surface area (Å²) < 4.78 is 5.75. The van der Waals surface area contributed by atoms with E-state index >= 15 is 0 Å². The molecule has 1 atom stereocenters. The smallest absolute Gasteiger partial charge is 0.257 e. The van der Waals surface area contributed by atoms with Crippen molar-refractivity contribution in [3.8, 4) is 5.75 Å². The maximum absolute atomic E-state index is 12.6. The van der Waals surface area contributed by atoms with Crippen molar-refractivity contribution in [2.24, 2.45) is 0 Å². The fourth-order valence-corrected chi connectivity index (χ4v) is 2.84. The molecule has 1 saturated heterocycles. The molecule has 0 spiro atoms. The first kappa shape index (κ1) is 14.9. The number of phenolic OH excluding ortho intramolecular Hbond substituents is 1. The minimum atomic E-state index is -0.253. The van der Waals surface area contributed by atoms with E-state index in [1.54, 1.807) is 23.1 Å². The van der Waals surface area contributed by atoms with E-state index in [-0.39, 0.29) is 17.8 Å². The zero-order valence-electron chi connectivity index (χ0n) is 11.9. The molecule has 22 heavy (non-hydrogen) atoms. The summed E-state index contributed by atoms with van der Waals surface area (Å²) in [5.41, 5.74) is 1.18. The number of benzene rings is 2. The summed E-state index contributed by atoms with van der Waals surface area (Å²) in [5, 5.41) is 10.5. The average Bonchev–Trinajstić information content (AvgIpc) is 2.55. The topological polar surface area (TPSA) is 49.8 Å². The van der Waals surface area contributed by atoms with Crippen molar-refractivity contribution in [2.75, 3.05) is 19.7 Å². The second kappa shape index (κ2) is 6.38. The monoisotopic (exact) mass is 317 g/mol. The molecule has 1 heterocycles. The van der Waals surface area contributed by atoms with Gasteiger partial charge in [-0.15, -0.1) is 0 Å². The molecule has 0 radical (unpaired) electrons. The number of ether oxygens (including phenoxy) is 1. The third-order valence-electron chi connectivity index (χ3n) is 3.74. The third kappa shape index (κ3) is 2.93. The number of carbonyl (C=O) groups excluding carboxylic acids is 1. The second-order valence-electron chi connectivity index (χ2n) is 5.15. The van der Waals surface area contributed by atoms with E-state index in [1.807, 2.05) is 24.3 Å². The number of aromatic hydroxyl groups is 1. The molecule has 0 saturated carbocycles. The van der Waals surface area contributed by atoms with E-state index in [1.165, 1.54) is 6.07 Å². The number of carbonyl (C=O) groups is 1. The zero-order valence-corrected chi connectivity index (χ0v) is 12.7. The van der Waals surface area contributed by atoms with Gasteiger partial charge in [-0.2, -0.15) is 0 Å². The number of hydrogen-bond donors (Lipinski definition) is 1. The molecule has 0 aromatic heterocycles. The molecule has 1 fully saturated rings. The predicted molar refractivity (Wildman–Crippen MR) is 84.2 cm³/mol. The fourth-order valence-electron chi connectivity index (χ4n) is 2.58. The standard InChI is InChI=1S/C17H16ClNO3/c18-14-7-3-1-5-12(14)16-11-19(9-10-22-16)17(21)13-6-2-4-8-15(13)20/h1-8,16,20H,9-11H2/t16-/m0/s1. The summed E-state index contributed by atoms with van der Waals surface area (Å²) in [5.74, 6) is -0.202. The van der Waals surface area contributed by atoms with Crippen molar-refractivity contribution in [3.63, 3.8) is 0 Å². The van der Waals surface area contributed by atoms with Crippen molar-refractivity contribution in [1.29, 1.82) is 0 Å². The van der Waals surface area contributed by atoms with Gasteiger partial charge in [0.05, 0.1) is 18.7 Å². The summed E-state index contributed by atoms with van der Waals surface area (Å²) in [7, 11) is 0. The van der Waals surface area contributed by atoms with Crippen LogP contribution in [-0.4, -0.2) is 35.6 Å². The highest BCUT2D eigenvalue weighted by molar-refractivity contribution is 6.31. The third-order valence-corrected chi connectivity index (χ3v) is 4.08. The maximum atomic E-state index is 12.6. The number of nitrogens with zero attached hydrogens (tertiary/aromatic N) is 1. The number of amides is 1. The highest BCUT2D eigenvalue weighted by Gasteiger charge is 2.28. The predicted octanol–water partition coefficient (Wildman–Crippen LogP) is 3.26. The first-order valence-electron chi connectivity index (χ1n) is 7.10. The lowest BCUT2D eigenvalue weighted by molar-refractivity contribution is -0.0228. The van der Waals surface area contributed by atoms with Crippen molar-refractivity contribution in [1.82, 2.24) is 4.90 Å². The lowest BCUT2D eigenvalue weighted by atomic mass is 10.1. The van der Waals surface area contributed by atoms with Crippen LogP contribution in [-0.2, 0) is 4.74 Å². The Morgan fingerprint density at radius 3 is 2.68 bits per heavy atom. The molecule has 1 N–H and O–H groups in total. The normalized spacial score (nSPS) is 18.2. The Kier molecular flexibility index (Phi) is 4.32. The van der Waals surface area contributed by atoms with Crippen LogP contribution in [0.4, 0.5) is 0 Å². The molecule has 0 unspecified atom stereocenters. The van der Waals surface area contributed by atoms with Gasteiger partial charge in [0.2, 0.25) is 0 Å². The maximum Gasteiger partial charge on any atom is 0.257 e. The number of halogens is 1. The number of phenols is 1. The Morgan fingerprint density at radius 1 is 1.18 bits per heavy atom. The molecule has 3 rings (SSSR count). The summed E-state index contributed by atoms with van der Waals surface area (Å²) in [6, 6.07) is 14.0. The van der Waals surface area contributed by atoms with Gasteiger partial charge in [-0.1, -0.05) is 41.9 Å². The second-order valence-corrected chi connectivity index (χ2v) is 5.56. The van der Waals surface area contributed by atoms with Gasteiger partial charge < -0.3 is 14.7 Å². The van der Waals surface area contributed by atoms with Gasteiger partial charge in [-0.05, 0) is 18.2 Å². The van der Waals surface area contributed by atoms with Gasteiger partial charge in [0.1, 0.15) is 11.9 Å². The quantitative estimate of drug-likeness (QED) is 0.925. The van der Waals surface area contributed by atoms with E-state index in [0.717, 1.165) is 5.56 Å². The van der Waals surface area contributed by atoms with Crippen LogP contribution in [0.2, 0.25) is 5.02 Å². The number of morpholine rings is 1. The number of hydrogen-bond acceptors (Lipinski definition) is 3. The van der Waals surface area contributed by atoms with Gasteiger partial charge in [-0.25, -0.2) is 0 Å². The summed E-state index contributed by atoms with van der Waals surface area (Å²) in [6.07, 6.45) is -0.253. The molecule has 2 aromatic carbocycles. The van der Waals surface area contributed by atoms with E-state index in [2.05, 4.69) is 0 Å². The number of rotatable bonds is 2. The van der Waals surface area contributed by atoms with Crippen LogP contribution in [0.5, 0.6) is 5.75 Å². The summed E-state index contributed by atoms with van der Waals surface area (Å²) >= 11 is 6.20. The fraction of sp³-hybridized carbons (Fsp3) is 0.235. The van der Waals surface area contributed by atoms with Crippen molar-refractivity contribution < 1.29 is 14.6 Å².